The molecule has 0 aliphatic carbocycles. The molecule has 0 aromatic heterocycles. The molecule has 0 aliphatic rings. The topological polar surface area (TPSA) is 130 Å². The van der Waals surface area contributed by atoms with Crippen LogP contribution in [0.3, 0.4) is 0 Å². The summed E-state index contributed by atoms with van der Waals surface area (Å²) in [5.41, 5.74) is -5.62. The molecule has 0 bridgehead atoms. The van der Waals surface area contributed by atoms with Crippen LogP contribution in [0.1, 0.15) is 8.29 Å². The third-order valence-electron chi connectivity index (χ3n) is 3.16. The van der Waals surface area contributed by atoms with E-state index in [4.69, 9.17) is 6.48 Å². The monoisotopic (exact) mass is 293 g/mol. The Bertz CT molecular complexity index is 412. The fraction of sp³-hybridized carbons (Fsp3) is 0.750. The van der Waals surface area contributed by atoms with Gasteiger partial charge < -0.3 is 29.6 Å². The van der Waals surface area contributed by atoms with Crippen LogP contribution >= 0.6 is 0 Å². The van der Waals surface area contributed by atoms with E-state index in [1.807, 2.05) is 0 Å². The molecule has 116 valence electrons. The molecule has 8 nitrogen and oxygen atoms in total. The molecule has 0 saturated carbocycles. The number of aliphatic hydroxyl groups is 3. The highest BCUT2D eigenvalue weighted by Gasteiger charge is 2.60. The van der Waals surface area contributed by atoms with Crippen molar-refractivity contribution in [2.45, 2.75) is 18.6 Å². The molecule has 0 radical (unpaired) electrons. The first-order chi connectivity index (χ1) is 9.64. The van der Waals surface area contributed by atoms with Gasteiger partial charge in [0.2, 0.25) is 0 Å². The Morgan fingerprint density at radius 2 is 1.75 bits per heavy atom. The van der Waals surface area contributed by atoms with E-state index in [2.05, 4.69) is 9.47 Å². The van der Waals surface area contributed by atoms with Crippen molar-refractivity contribution in [3.63, 3.8) is 0 Å². The standard InChI is InChI=1S/C12H20O8/c1-11(7-14,9(16)5-19-2)12(18,8(15)4-13)10(17)6-20-3/h7-8,13,15,18H,4-6H2,1-3H3/t8-,11-,12+/m1/s1/i7D. The zero-order chi connectivity index (χ0) is 16.8. The number of hydrogen-bond acceptors (Lipinski definition) is 8. The lowest BCUT2D eigenvalue weighted by molar-refractivity contribution is -0.189. The molecule has 8 heteroatoms. The maximum absolute atomic E-state index is 12.1. The van der Waals surface area contributed by atoms with E-state index in [-0.39, 0.29) is 0 Å². The van der Waals surface area contributed by atoms with Crippen LogP contribution in [0.4, 0.5) is 0 Å². The Labute approximate surface area is 117 Å². The fourth-order valence-electron chi connectivity index (χ4n) is 1.79. The van der Waals surface area contributed by atoms with Gasteiger partial charge in [-0.05, 0) is 6.92 Å². The average Bonchev–Trinajstić information content (AvgIpc) is 2.44. The number of methoxy groups -OCH3 is 2. The predicted molar refractivity (Wildman–Crippen MR) is 66.0 cm³/mol. The van der Waals surface area contributed by atoms with Crippen LogP contribution in [0.15, 0.2) is 0 Å². The van der Waals surface area contributed by atoms with Crippen molar-refractivity contribution >= 4 is 17.8 Å². The molecule has 0 spiro atoms. The lowest BCUT2D eigenvalue weighted by Gasteiger charge is -2.41. The largest absolute Gasteiger partial charge is 0.394 e. The molecule has 0 aromatic carbocycles. The number of rotatable bonds is 10. The molecule has 0 amide bonds. The minimum absolute atomic E-state index is 0.665. The first-order valence-corrected chi connectivity index (χ1v) is 5.71. The third-order valence-corrected chi connectivity index (χ3v) is 3.16. The highest BCUT2D eigenvalue weighted by Crippen LogP contribution is 2.35. The predicted octanol–water partition coefficient (Wildman–Crippen LogP) is -2.29. The van der Waals surface area contributed by atoms with Crippen LogP contribution in [0.25, 0.3) is 0 Å². The van der Waals surface area contributed by atoms with E-state index < -0.39 is 54.8 Å². The number of aldehydes is 1. The van der Waals surface area contributed by atoms with Gasteiger partial charge in [0.15, 0.2) is 17.2 Å². The van der Waals surface area contributed by atoms with Crippen LogP contribution in [-0.2, 0) is 23.9 Å². The van der Waals surface area contributed by atoms with Crippen molar-refractivity contribution in [1.29, 1.82) is 0 Å². The van der Waals surface area contributed by atoms with E-state index in [1.165, 1.54) is 0 Å². The van der Waals surface area contributed by atoms with Crippen LogP contribution in [0, 0.1) is 5.41 Å². The number of hydrogen-bond donors (Lipinski definition) is 3. The lowest BCUT2D eigenvalue weighted by atomic mass is 9.66. The van der Waals surface area contributed by atoms with E-state index in [0.717, 1.165) is 21.1 Å². The summed E-state index contributed by atoms with van der Waals surface area (Å²) >= 11 is 0. The van der Waals surface area contributed by atoms with Gasteiger partial charge in [0, 0.05) is 14.2 Å². The van der Waals surface area contributed by atoms with Gasteiger partial charge in [0.25, 0.3) is 0 Å². The molecular weight excluding hydrogens is 272 g/mol. The molecule has 0 unspecified atom stereocenters. The summed E-state index contributed by atoms with van der Waals surface area (Å²) in [6.07, 6.45) is -3.75. The van der Waals surface area contributed by atoms with Crippen LogP contribution in [-0.4, -0.2) is 78.9 Å². The molecular formula is C12H20O8. The van der Waals surface area contributed by atoms with Gasteiger partial charge in [-0.3, -0.25) is 9.59 Å². The zero-order valence-corrected chi connectivity index (χ0v) is 11.6. The second kappa shape index (κ2) is 7.55. The number of ketones is 2. The molecule has 0 heterocycles. The molecule has 20 heavy (non-hydrogen) atoms. The number of carbonyl (C=O) groups is 3. The van der Waals surface area contributed by atoms with Crippen molar-refractivity contribution in [1.82, 2.24) is 0 Å². The molecule has 0 aromatic rings. The van der Waals surface area contributed by atoms with Crippen LogP contribution in [0.2, 0.25) is 0 Å². The van der Waals surface area contributed by atoms with Gasteiger partial charge in [-0.25, -0.2) is 0 Å². The van der Waals surface area contributed by atoms with Crippen molar-refractivity contribution in [2.75, 3.05) is 34.0 Å². The smallest absolute Gasteiger partial charge is 0.194 e. The highest BCUT2D eigenvalue weighted by molar-refractivity contribution is 6.07. The Morgan fingerprint density at radius 3 is 2.10 bits per heavy atom. The van der Waals surface area contributed by atoms with Crippen molar-refractivity contribution in [2.24, 2.45) is 5.41 Å². The molecule has 3 atom stereocenters. The first kappa shape index (κ1) is 16.9. The van der Waals surface area contributed by atoms with Crippen molar-refractivity contribution < 1.29 is 40.5 Å². The third kappa shape index (κ3) is 3.10. The molecule has 0 aliphatic heterocycles. The van der Waals surface area contributed by atoms with Crippen LogP contribution in [0.5, 0.6) is 0 Å². The maximum Gasteiger partial charge on any atom is 0.194 e. The summed E-state index contributed by atoms with van der Waals surface area (Å²) < 4.78 is 16.3. The van der Waals surface area contributed by atoms with Crippen molar-refractivity contribution in [3.05, 3.63) is 0 Å². The Kier molecular flexibility index (Phi) is 6.37. The summed E-state index contributed by atoms with van der Waals surface area (Å²) in [7, 11) is 2.27. The fourth-order valence-corrected chi connectivity index (χ4v) is 1.79. The van der Waals surface area contributed by atoms with E-state index in [9.17, 15) is 24.6 Å². The van der Waals surface area contributed by atoms with Crippen LogP contribution < -0.4 is 0 Å². The summed E-state index contributed by atoms with van der Waals surface area (Å²) in [6, 6.07) is 0. The minimum Gasteiger partial charge on any atom is -0.394 e. The SMILES string of the molecule is [2H]C(=O)[C@](C)(C(=O)COC)[C@@](O)(C(=O)COC)[C@H](O)CO. The van der Waals surface area contributed by atoms with Gasteiger partial charge in [-0.15, -0.1) is 0 Å². The van der Waals surface area contributed by atoms with Gasteiger partial charge >= 0.3 is 0 Å². The van der Waals surface area contributed by atoms with Gasteiger partial charge in [0.1, 0.15) is 32.4 Å². The van der Waals surface area contributed by atoms with Gasteiger partial charge in [0.05, 0.1) is 6.61 Å². The van der Waals surface area contributed by atoms with Gasteiger partial charge in [-0.2, -0.15) is 0 Å². The Hall–Kier alpha value is -1.19. The Morgan fingerprint density at radius 1 is 1.30 bits per heavy atom. The average molecular weight is 293 g/mol. The second-order valence-electron chi connectivity index (χ2n) is 4.40. The molecule has 0 saturated heterocycles. The lowest BCUT2D eigenvalue weighted by Crippen LogP contribution is -2.66. The molecule has 0 fully saturated rings. The highest BCUT2D eigenvalue weighted by atomic mass is 16.5. The number of carbonyl (C=O) groups excluding carboxylic acids is 3. The van der Waals surface area contributed by atoms with E-state index >= 15 is 0 Å². The van der Waals surface area contributed by atoms with Gasteiger partial charge in [-0.1, -0.05) is 0 Å². The second-order valence-corrected chi connectivity index (χ2v) is 4.40. The first-order valence-electron chi connectivity index (χ1n) is 6.21. The normalized spacial score (nSPS) is 19.4. The molecule has 0 rings (SSSR count). The number of ether oxygens (including phenoxy) is 2. The van der Waals surface area contributed by atoms with Crippen molar-refractivity contribution in [3.8, 4) is 0 Å². The number of aliphatic hydroxyl groups excluding tert-OH is 2. The summed E-state index contributed by atoms with van der Waals surface area (Å²) in [5, 5.41) is 29.3. The zero-order valence-electron chi connectivity index (χ0n) is 12.6. The summed E-state index contributed by atoms with van der Waals surface area (Å²) in [4.78, 5) is 35.7. The molecule has 3 N–H and O–H groups in total. The van der Waals surface area contributed by atoms with E-state index in [1.54, 1.807) is 0 Å². The number of Topliss-reactive ketones (excluding diaryl/α,β-unsaturated/α-hetero) is 2. The Balaban J connectivity index is 6.11. The quantitative estimate of drug-likeness (QED) is 0.303. The maximum atomic E-state index is 12.1. The summed E-state index contributed by atoms with van der Waals surface area (Å²) in [6.45, 7) is -1.65. The minimum atomic E-state index is -3.01. The summed E-state index contributed by atoms with van der Waals surface area (Å²) in [5.74, 6) is -2.29. The van der Waals surface area contributed by atoms with E-state index in [0.29, 0.717) is 0 Å².